The fourth-order valence-electron chi connectivity index (χ4n) is 4.13. The van der Waals surface area contributed by atoms with Gasteiger partial charge in [0.25, 0.3) is 5.56 Å². The Labute approximate surface area is 194 Å². The Morgan fingerprint density at radius 1 is 1.24 bits per heavy atom. The largest absolute Gasteiger partial charge is 0.381 e. The normalized spacial score (nSPS) is 18.3. The van der Waals surface area contributed by atoms with Crippen LogP contribution in [0.4, 0.5) is 5.13 Å². The lowest BCUT2D eigenvalue weighted by atomic mass is 9.92. The van der Waals surface area contributed by atoms with Crippen LogP contribution in [0.1, 0.15) is 38.1 Å². The average Bonchev–Trinajstić information content (AvgIpc) is 3.59. The molecule has 11 heteroatoms. The molecule has 1 amide bonds. The van der Waals surface area contributed by atoms with Crippen LogP contribution in [0.15, 0.2) is 46.3 Å². The first kappa shape index (κ1) is 22.2. The van der Waals surface area contributed by atoms with E-state index in [0.29, 0.717) is 48.0 Å². The molecule has 1 saturated carbocycles. The smallest absolute Gasteiger partial charge is 0.252 e. The van der Waals surface area contributed by atoms with Gasteiger partial charge in [0.1, 0.15) is 16.4 Å². The van der Waals surface area contributed by atoms with Gasteiger partial charge < -0.3 is 14.6 Å². The van der Waals surface area contributed by atoms with Gasteiger partial charge in [-0.2, -0.15) is 0 Å². The molecule has 4 heterocycles. The second-order valence-electron chi connectivity index (χ2n) is 8.50. The first-order valence-electron chi connectivity index (χ1n) is 11.0. The van der Waals surface area contributed by atoms with Crippen molar-refractivity contribution in [3.63, 3.8) is 0 Å². The van der Waals surface area contributed by atoms with Crippen LogP contribution in [0.2, 0.25) is 0 Å². The molecular weight excluding hydrogens is 464 g/mol. The minimum atomic E-state index is -3.49. The Kier molecular flexibility index (Phi) is 6.02. The summed E-state index contributed by atoms with van der Waals surface area (Å²) in [4.78, 5) is 35.7. The van der Waals surface area contributed by atoms with E-state index in [0.717, 1.165) is 18.9 Å². The molecule has 9 nitrogen and oxygen atoms in total. The Bertz CT molecular complexity index is 1310. The van der Waals surface area contributed by atoms with E-state index < -0.39 is 26.7 Å². The van der Waals surface area contributed by atoms with E-state index in [1.54, 1.807) is 12.3 Å². The molecule has 5 rings (SSSR count). The van der Waals surface area contributed by atoms with Gasteiger partial charge >= 0.3 is 0 Å². The molecule has 0 bridgehead atoms. The van der Waals surface area contributed by atoms with Crippen LogP contribution >= 0.6 is 11.3 Å². The number of ether oxygens (including phenoxy) is 1. The number of nitrogens with zero attached hydrogens (tertiary/aromatic N) is 3. The number of pyridine rings is 2. The third-order valence-electron chi connectivity index (χ3n) is 6.14. The van der Waals surface area contributed by atoms with E-state index in [1.165, 1.54) is 28.2 Å². The predicted octanol–water partition coefficient (Wildman–Crippen LogP) is 2.79. The van der Waals surface area contributed by atoms with E-state index in [4.69, 9.17) is 4.74 Å². The number of aromatic nitrogens is 3. The van der Waals surface area contributed by atoms with Crippen LogP contribution in [0, 0.1) is 5.92 Å². The van der Waals surface area contributed by atoms with Gasteiger partial charge in [0, 0.05) is 31.7 Å². The molecule has 2 fully saturated rings. The lowest BCUT2D eigenvalue weighted by Crippen LogP contribution is -2.35. The number of rotatable bonds is 7. The highest BCUT2D eigenvalue weighted by Gasteiger charge is 2.37. The summed E-state index contributed by atoms with van der Waals surface area (Å²) in [5.41, 5.74) is 0.181. The van der Waals surface area contributed by atoms with E-state index in [1.807, 2.05) is 6.07 Å². The van der Waals surface area contributed by atoms with Crippen LogP contribution in [-0.2, 0) is 19.4 Å². The van der Waals surface area contributed by atoms with Crippen LogP contribution in [0.3, 0.4) is 0 Å². The fourth-order valence-corrected chi connectivity index (χ4v) is 6.60. The highest BCUT2D eigenvalue weighted by molar-refractivity contribution is 7.92. The number of hydrogen-bond acceptors (Lipinski definition) is 8. The highest BCUT2D eigenvalue weighted by Crippen LogP contribution is 2.33. The second-order valence-corrected chi connectivity index (χ2v) is 11.7. The van der Waals surface area contributed by atoms with Crippen molar-refractivity contribution >= 4 is 42.6 Å². The zero-order valence-corrected chi connectivity index (χ0v) is 19.5. The minimum Gasteiger partial charge on any atom is -0.381 e. The molecule has 2 aliphatic rings. The molecule has 1 aliphatic heterocycles. The maximum atomic E-state index is 13.3. The summed E-state index contributed by atoms with van der Waals surface area (Å²) < 4.78 is 31.9. The van der Waals surface area contributed by atoms with Crippen molar-refractivity contribution in [3.8, 4) is 0 Å². The molecule has 0 unspecified atom stereocenters. The van der Waals surface area contributed by atoms with Crippen molar-refractivity contribution in [2.24, 2.45) is 5.92 Å². The number of carbonyl (C=O) groups excluding carboxylic acids is 1. The van der Waals surface area contributed by atoms with Crippen molar-refractivity contribution in [2.45, 2.75) is 48.3 Å². The zero-order chi connectivity index (χ0) is 23.0. The number of hydrogen-bond donors (Lipinski definition) is 1. The zero-order valence-electron chi connectivity index (χ0n) is 17.8. The lowest BCUT2D eigenvalue weighted by molar-refractivity contribution is -0.120. The van der Waals surface area contributed by atoms with E-state index >= 15 is 0 Å². The summed E-state index contributed by atoms with van der Waals surface area (Å²) in [6, 6.07) is 5.37. The molecule has 174 valence electrons. The van der Waals surface area contributed by atoms with Gasteiger partial charge in [-0.15, -0.1) is 0 Å². The van der Waals surface area contributed by atoms with Crippen molar-refractivity contribution in [1.82, 2.24) is 14.5 Å². The summed E-state index contributed by atoms with van der Waals surface area (Å²) >= 11 is 1.26. The summed E-state index contributed by atoms with van der Waals surface area (Å²) in [6.45, 7) is 1.24. The first-order valence-corrected chi connectivity index (χ1v) is 13.3. The van der Waals surface area contributed by atoms with Crippen LogP contribution < -0.4 is 10.9 Å². The number of amides is 1. The number of sulfone groups is 1. The number of fused-ring (bicyclic) bond motifs is 1. The molecule has 3 aromatic rings. The maximum Gasteiger partial charge on any atom is 0.252 e. The van der Waals surface area contributed by atoms with E-state index in [9.17, 15) is 18.0 Å². The van der Waals surface area contributed by atoms with Crippen molar-refractivity contribution in [2.75, 3.05) is 18.5 Å². The van der Waals surface area contributed by atoms with Crippen molar-refractivity contribution in [1.29, 1.82) is 0 Å². The van der Waals surface area contributed by atoms with Crippen molar-refractivity contribution in [3.05, 3.63) is 47.0 Å². The molecule has 3 aromatic heterocycles. The van der Waals surface area contributed by atoms with Crippen molar-refractivity contribution < 1.29 is 17.9 Å². The predicted molar refractivity (Wildman–Crippen MR) is 124 cm³/mol. The molecule has 1 atom stereocenters. The SMILES string of the molecule is O=C(Nc1nc2cccnc2s1)[C@H](CC1CCOCC1)n1ccc(S(=O)(=O)C2CC2)cc1=O. The van der Waals surface area contributed by atoms with Gasteiger partial charge in [-0.05, 0) is 56.2 Å². The van der Waals surface area contributed by atoms with Crippen LogP contribution in [-0.4, -0.2) is 47.3 Å². The summed E-state index contributed by atoms with van der Waals surface area (Å²) in [7, 11) is -3.49. The maximum absolute atomic E-state index is 13.3. The summed E-state index contributed by atoms with van der Waals surface area (Å²) in [6.07, 6.45) is 6.40. The van der Waals surface area contributed by atoms with Crippen LogP contribution in [0.25, 0.3) is 10.3 Å². The number of nitrogens with one attached hydrogen (secondary N) is 1. The monoisotopic (exact) mass is 488 g/mol. The van der Waals surface area contributed by atoms with Gasteiger partial charge in [-0.25, -0.2) is 18.4 Å². The Balaban J connectivity index is 1.44. The molecular formula is C22H24N4O5S2. The van der Waals surface area contributed by atoms with Gasteiger partial charge in [0.15, 0.2) is 15.0 Å². The second kappa shape index (κ2) is 8.96. The Hall–Kier alpha value is -2.63. The Morgan fingerprint density at radius 2 is 2.03 bits per heavy atom. The van der Waals surface area contributed by atoms with Gasteiger partial charge in [-0.3, -0.25) is 9.59 Å². The average molecular weight is 489 g/mol. The topological polar surface area (TPSA) is 120 Å². The van der Waals surface area contributed by atoms with Gasteiger partial charge in [0.2, 0.25) is 5.91 Å². The molecule has 1 saturated heterocycles. The van der Waals surface area contributed by atoms with E-state index in [-0.39, 0.29) is 16.7 Å². The molecule has 1 N–H and O–H groups in total. The van der Waals surface area contributed by atoms with Crippen LogP contribution in [0.5, 0.6) is 0 Å². The molecule has 0 aromatic carbocycles. The minimum absolute atomic E-state index is 0.0220. The summed E-state index contributed by atoms with van der Waals surface area (Å²) in [5, 5.41) is 2.85. The number of thiazole rings is 1. The molecule has 0 radical (unpaired) electrons. The third-order valence-corrected chi connectivity index (χ3v) is 9.30. The summed E-state index contributed by atoms with van der Waals surface area (Å²) in [5.74, 6) is -0.145. The molecule has 1 aliphatic carbocycles. The lowest BCUT2D eigenvalue weighted by Gasteiger charge is -2.27. The molecule has 0 spiro atoms. The highest BCUT2D eigenvalue weighted by atomic mass is 32.2. The number of carbonyl (C=O) groups is 1. The first-order chi connectivity index (χ1) is 15.9. The van der Waals surface area contributed by atoms with Gasteiger partial charge in [-0.1, -0.05) is 11.3 Å². The number of anilines is 1. The molecule has 33 heavy (non-hydrogen) atoms. The third kappa shape index (κ3) is 4.71. The fraction of sp³-hybridized carbons (Fsp3) is 0.455. The Morgan fingerprint density at radius 3 is 2.73 bits per heavy atom. The standard InChI is InChI=1S/C22H24N4O5S2/c27-19-13-16(33(29,30)15-3-4-15)5-9-26(19)18(12-14-6-10-31-11-7-14)20(28)25-22-24-17-2-1-8-23-21(17)32-22/h1-2,5,8-9,13-15,18H,3-4,6-7,10-12H2,(H,24,25,28)/t18-/m0/s1. The quantitative estimate of drug-likeness (QED) is 0.543. The van der Waals surface area contributed by atoms with E-state index in [2.05, 4.69) is 15.3 Å². The van der Waals surface area contributed by atoms with Gasteiger partial charge in [0.05, 0.1) is 10.1 Å².